The molecule has 0 atom stereocenters. The van der Waals surface area contributed by atoms with E-state index >= 15 is 0 Å². The van der Waals surface area contributed by atoms with Gasteiger partial charge in [0.15, 0.2) is 11.5 Å². The number of benzene rings is 1. The van der Waals surface area contributed by atoms with E-state index in [9.17, 15) is 4.79 Å². The molecule has 2 rings (SSSR count). The van der Waals surface area contributed by atoms with Crippen LogP contribution in [0.25, 0.3) is 10.6 Å². The Morgan fingerprint density at radius 2 is 2.08 bits per heavy atom. The molecule has 0 radical (unpaired) electrons. The average molecular weight is 348 g/mol. The lowest BCUT2D eigenvalue weighted by Crippen LogP contribution is -2.33. The van der Waals surface area contributed by atoms with E-state index in [1.165, 1.54) is 11.3 Å². The number of carbonyl (C=O) groups excluding carboxylic acids is 1. The number of rotatable bonds is 7. The van der Waals surface area contributed by atoms with Gasteiger partial charge in [-0.2, -0.15) is 0 Å². The van der Waals surface area contributed by atoms with Crippen LogP contribution in [-0.4, -0.2) is 42.6 Å². The molecule has 1 aromatic carbocycles. The molecule has 0 aliphatic carbocycles. The van der Waals surface area contributed by atoms with Gasteiger partial charge >= 0.3 is 0 Å². The van der Waals surface area contributed by atoms with Crippen LogP contribution in [0.2, 0.25) is 0 Å². The largest absolute Gasteiger partial charge is 0.493 e. The summed E-state index contributed by atoms with van der Waals surface area (Å²) < 4.78 is 11.1. The number of hydrogen-bond acceptors (Lipinski definition) is 5. The molecule has 0 spiro atoms. The van der Waals surface area contributed by atoms with Crippen molar-refractivity contribution in [3.63, 3.8) is 0 Å². The van der Waals surface area contributed by atoms with Crippen LogP contribution in [0.5, 0.6) is 11.5 Å². The molecule has 0 saturated carbocycles. The maximum atomic E-state index is 12.4. The summed E-state index contributed by atoms with van der Waals surface area (Å²) in [6.45, 7) is 6.66. The third-order valence-electron chi connectivity index (χ3n) is 3.69. The van der Waals surface area contributed by atoms with Gasteiger partial charge in [0.1, 0.15) is 10.7 Å². The molecule has 1 amide bonds. The van der Waals surface area contributed by atoms with Crippen LogP contribution in [0.15, 0.2) is 23.6 Å². The van der Waals surface area contributed by atoms with Crippen LogP contribution in [0.3, 0.4) is 0 Å². The van der Waals surface area contributed by atoms with Gasteiger partial charge in [-0.05, 0) is 38.5 Å². The van der Waals surface area contributed by atoms with Crippen molar-refractivity contribution < 1.29 is 14.3 Å². The third-order valence-corrected chi connectivity index (χ3v) is 4.58. The predicted molar refractivity (Wildman–Crippen MR) is 97.1 cm³/mol. The first kappa shape index (κ1) is 18.3. The second-order valence-electron chi connectivity index (χ2n) is 5.76. The normalized spacial score (nSPS) is 10.8. The second kappa shape index (κ2) is 8.15. The molecule has 1 heterocycles. The number of ether oxygens (including phenoxy) is 2. The van der Waals surface area contributed by atoms with Crippen molar-refractivity contribution in [3.05, 3.63) is 29.3 Å². The molecule has 1 aromatic heterocycles. The molecule has 5 nitrogen and oxygen atoms in total. The van der Waals surface area contributed by atoms with Crippen LogP contribution in [0.4, 0.5) is 0 Å². The summed E-state index contributed by atoms with van der Waals surface area (Å²) in [6, 6.07) is 5.85. The van der Waals surface area contributed by atoms with Gasteiger partial charge in [-0.3, -0.25) is 4.79 Å². The summed E-state index contributed by atoms with van der Waals surface area (Å²) in [6.07, 6.45) is 0.937. The van der Waals surface area contributed by atoms with Crippen LogP contribution in [-0.2, 0) is 0 Å². The first-order chi connectivity index (χ1) is 11.5. The van der Waals surface area contributed by atoms with Crippen LogP contribution >= 0.6 is 11.3 Å². The highest BCUT2D eigenvalue weighted by molar-refractivity contribution is 7.13. The average Bonchev–Trinajstić information content (AvgIpc) is 3.08. The lowest BCUT2D eigenvalue weighted by Gasteiger charge is -2.20. The van der Waals surface area contributed by atoms with Gasteiger partial charge in [0.25, 0.3) is 5.91 Å². The summed E-state index contributed by atoms with van der Waals surface area (Å²) in [4.78, 5) is 18.5. The molecular formula is C18H24N2O3S. The van der Waals surface area contributed by atoms with Gasteiger partial charge in [0, 0.05) is 24.0 Å². The van der Waals surface area contributed by atoms with Crippen molar-refractivity contribution in [3.8, 4) is 22.1 Å². The second-order valence-corrected chi connectivity index (χ2v) is 6.62. The highest BCUT2D eigenvalue weighted by Crippen LogP contribution is 2.34. The molecule has 24 heavy (non-hydrogen) atoms. The summed E-state index contributed by atoms with van der Waals surface area (Å²) in [5, 5.41) is 2.58. The van der Waals surface area contributed by atoms with Crippen molar-refractivity contribution in [2.24, 2.45) is 0 Å². The van der Waals surface area contributed by atoms with Gasteiger partial charge in [-0.15, -0.1) is 11.3 Å². The van der Waals surface area contributed by atoms with Crippen molar-refractivity contribution in [2.75, 3.05) is 20.8 Å². The monoisotopic (exact) mass is 348 g/mol. The minimum atomic E-state index is -0.0673. The molecule has 0 aliphatic rings. The highest BCUT2D eigenvalue weighted by atomic mass is 32.1. The van der Waals surface area contributed by atoms with Crippen molar-refractivity contribution >= 4 is 17.2 Å². The SMILES string of the molecule is CCCOc1ccc(-c2nc(C(=O)N(C)C(C)C)cs2)cc1OC. The van der Waals surface area contributed by atoms with Gasteiger partial charge in [-0.1, -0.05) is 6.92 Å². The Kier molecular flexibility index (Phi) is 6.20. The Balaban J connectivity index is 2.25. The maximum Gasteiger partial charge on any atom is 0.273 e. The molecule has 6 heteroatoms. The smallest absolute Gasteiger partial charge is 0.273 e. The zero-order valence-corrected chi connectivity index (χ0v) is 15.6. The lowest BCUT2D eigenvalue weighted by molar-refractivity contribution is 0.0750. The van der Waals surface area contributed by atoms with Crippen LogP contribution in [0.1, 0.15) is 37.7 Å². The number of amides is 1. The quantitative estimate of drug-likeness (QED) is 0.756. The van der Waals surface area contributed by atoms with Crippen molar-refractivity contribution in [1.29, 1.82) is 0 Å². The van der Waals surface area contributed by atoms with Gasteiger partial charge < -0.3 is 14.4 Å². The van der Waals surface area contributed by atoms with E-state index in [2.05, 4.69) is 11.9 Å². The molecule has 0 N–H and O–H groups in total. The Labute approximate surface area is 147 Å². The van der Waals surface area contributed by atoms with Crippen molar-refractivity contribution in [1.82, 2.24) is 9.88 Å². The Morgan fingerprint density at radius 3 is 2.71 bits per heavy atom. The Hall–Kier alpha value is -2.08. The molecule has 0 bridgehead atoms. The van der Waals surface area contributed by atoms with Gasteiger partial charge in [0.05, 0.1) is 13.7 Å². The molecule has 0 unspecified atom stereocenters. The Morgan fingerprint density at radius 1 is 1.33 bits per heavy atom. The molecular weight excluding hydrogens is 324 g/mol. The molecule has 0 saturated heterocycles. The summed E-state index contributed by atoms with van der Waals surface area (Å²) in [5.41, 5.74) is 1.38. The zero-order chi connectivity index (χ0) is 17.7. The van der Waals surface area contributed by atoms with E-state index in [0.29, 0.717) is 18.1 Å². The Bertz CT molecular complexity index is 697. The number of methoxy groups -OCH3 is 1. The summed E-state index contributed by atoms with van der Waals surface area (Å²) in [5.74, 6) is 1.32. The molecule has 0 fully saturated rings. The van der Waals surface area contributed by atoms with E-state index in [1.54, 1.807) is 24.4 Å². The van der Waals surface area contributed by atoms with Gasteiger partial charge in [0.2, 0.25) is 0 Å². The first-order valence-electron chi connectivity index (χ1n) is 8.01. The highest BCUT2D eigenvalue weighted by Gasteiger charge is 2.18. The van der Waals surface area contributed by atoms with E-state index < -0.39 is 0 Å². The fraction of sp³-hybridized carbons (Fsp3) is 0.444. The van der Waals surface area contributed by atoms with Crippen LogP contribution < -0.4 is 9.47 Å². The first-order valence-corrected chi connectivity index (χ1v) is 8.89. The van der Waals surface area contributed by atoms with E-state index in [0.717, 1.165) is 22.7 Å². The van der Waals surface area contributed by atoms with E-state index in [4.69, 9.17) is 9.47 Å². The lowest BCUT2D eigenvalue weighted by atomic mass is 10.2. The minimum absolute atomic E-state index is 0.0673. The number of nitrogens with zero attached hydrogens (tertiary/aromatic N) is 2. The van der Waals surface area contributed by atoms with E-state index in [1.807, 2.05) is 32.0 Å². The number of thiazole rings is 1. The van der Waals surface area contributed by atoms with E-state index in [-0.39, 0.29) is 11.9 Å². The number of hydrogen-bond donors (Lipinski definition) is 0. The molecule has 130 valence electrons. The zero-order valence-electron chi connectivity index (χ0n) is 14.8. The fourth-order valence-electron chi connectivity index (χ4n) is 2.05. The number of aromatic nitrogens is 1. The maximum absolute atomic E-state index is 12.4. The minimum Gasteiger partial charge on any atom is -0.493 e. The topological polar surface area (TPSA) is 51.7 Å². The predicted octanol–water partition coefficient (Wildman–Crippen LogP) is 4.09. The third kappa shape index (κ3) is 4.06. The van der Waals surface area contributed by atoms with Crippen molar-refractivity contribution in [2.45, 2.75) is 33.2 Å². The number of carbonyl (C=O) groups is 1. The molecule has 0 aliphatic heterocycles. The summed E-state index contributed by atoms with van der Waals surface area (Å²) in [7, 11) is 3.40. The summed E-state index contributed by atoms with van der Waals surface area (Å²) >= 11 is 1.45. The standard InChI is InChI=1S/C18H24N2O3S/c1-6-9-23-15-8-7-13(10-16(15)22-5)17-19-14(11-24-17)18(21)20(4)12(2)3/h7-8,10-12H,6,9H2,1-5H3. The van der Waals surface area contributed by atoms with Gasteiger partial charge in [-0.25, -0.2) is 4.98 Å². The van der Waals surface area contributed by atoms with Crippen LogP contribution in [0, 0.1) is 0 Å². The molecule has 2 aromatic rings. The fourth-order valence-corrected chi connectivity index (χ4v) is 2.84.